The van der Waals surface area contributed by atoms with Crippen molar-refractivity contribution < 1.29 is 14.4 Å². The number of nitrogens with zero attached hydrogens (tertiary/aromatic N) is 1. The van der Waals surface area contributed by atoms with Gasteiger partial charge in [0.25, 0.3) is 0 Å². The Morgan fingerprint density at radius 2 is 1.58 bits per heavy atom. The first-order chi connectivity index (χ1) is 12.5. The van der Waals surface area contributed by atoms with E-state index < -0.39 is 23.8 Å². The number of hydrogen-bond donors (Lipinski definition) is 1. The van der Waals surface area contributed by atoms with Crippen LogP contribution < -0.4 is 5.32 Å². The highest BCUT2D eigenvalue weighted by molar-refractivity contribution is 6.16. The first-order valence-electron chi connectivity index (χ1n) is 8.74. The second-order valence-electron chi connectivity index (χ2n) is 6.86. The van der Waals surface area contributed by atoms with E-state index in [9.17, 15) is 14.4 Å². The molecule has 1 atom stereocenters. The fraction of sp³-hybridized carbons (Fsp3) is 0.286. The fourth-order valence-electron chi connectivity index (χ4n) is 3.03. The standard InChI is InChI=1S/C21H22N2O3/c1-14(2)17-10-8-15(9-11-17)12-18-19(24)22-21(26)23(20(18)25)13-16-6-4-3-5-7-16/h3-11,14,18H,12-13H2,1-2H3,(H,22,24,26)/t18-/m0/s1. The van der Waals surface area contributed by atoms with Crippen molar-refractivity contribution >= 4 is 17.8 Å². The number of urea groups is 1. The van der Waals surface area contributed by atoms with Crippen LogP contribution in [0.2, 0.25) is 0 Å². The van der Waals surface area contributed by atoms with Crippen LogP contribution in [-0.4, -0.2) is 22.7 Å². The quantitative estimate of drug-likeness (QED) is 0.842. The number of barbiturate groups is 1. The topological polar surface area (TPSA) is 66.5 Å². The Labute approximate surface area is 153 Å². The molecule has 1 saturated heterocycles. The summed E-state index contributed by atoms with van der Waals surface area (Å²) in [6, 6.07) is 16.5. The van der Waals surface area contributed by atoms with E-state index >= 15 is 0 Å². The minimum absolute atomic E-state index is 0.154. The molecule has 1 N–H and O–H groups in total. The van der Waals surface area contributed by atoms with E-state index in [0.29, 0.717) is 5.92 Å². The van der Waals surface area contributed by atoms with Crippen LogP contribution in [0.25, 0.3) is 0 Å². The largest absolute Gasteiger partial charge is 0.331 e. The maximum absolute atomic E-state index is 12.8. The monoisotopic (exact) mass is 350 g/mol. The van der Waals surface area contributed by atoms with Gasteiger partial charge in [0, 0.05) is 0 Å². The minimum Gasteiger partial charge on any atom is -0.277 e. The Hall–Kier alpha value is -2.95. The molecule has 0 spiro atoms. The van der Waals surface area contributed by atoms with Gasteiger partial charge in [-0.05, 0) is 29.0 Å². The van der Waals surface area contributed by atoms with E-state index in [4.69, 9.17) is 0 Å². The molecule has 1 heterocycles. The Bertz CT molecular complexity index is 813. The van der Waals surface area contributed by atoms with Gasteiger partial charge in [-0.1, -0.05) is 68.4 Å². The maximum atomic E-state index is 12.8. The predicted molar refractivity (Wildman–Crippen MR) is 98.3 cm³/mol. The van der Waals surface area contributed by atoms with Crippen LogP contribution in [0, 0.1) is 5.92 Å². The molecule has 5 nitrogen and oxygen atoms in total. The maximum Gasteiger partial charge on any atom is 0.331 e. The molecule has 2 aromatic rings. The number of hydrogen-bond acceptors (Lipinski definition) is 3. The van der Waals surface area contributed by atoms with Gasteiger partial charge in [-0.3, -0.25) is 19.8 Å². The van der Waals surface area contributed by atoms with Crippen LogP contribution >= 0.6 is 0 Å². The van der Waals surface area contributed by atoms with Crippen molar-refractivity contribution in [1.29, 1.82) is 0 Å². The minimum atomic E-state index is -0.888. The molecule has 5 heteroatoms. The lowest BCUT2D eigenvalue weighted by Gasteiger charge is -2.30. The number of carbonyl (C=O) groups excluding carboxylic acids is 3. The van der Waals surface area contributed by atoms with Gasteiger partial charge < -0.3 is 0 Å². The summed E-state index contributed by atoms with van der Waals surface area (Å²) in [5, 5.41) is 2.31. The predicted octanol–water partition coefficient (Wildman–Crippen LogP) is 3.25. The lowest BCUT2D eigenvalue weighted by atomic mass is 9.93. The molecule has 0 unspecified atom stereocenters. The van der Waals surface area contributed by atoms with E-state index in [-0.39, 0.29) is 13.0 Å². The highest BCUT2D eigenvalue weighted by atomic mass is 16.2. The van der Waals surface area contributed by atoms with Crippen molar-refractivity contribution in [3.63, 3.8) is 0 Å². The van der Waals surface area contributed by atoms with Gasteiger partial charge in [0.1, 0.15) is 5.92 Å². The summed E-state index contributed by atoms with van der Waals surface area (Å²) in [7, 11) is 0. The average Bonchev–Trinajstić information content (AvgIpc) is 2.63. The third-order valence-corrected chi connectivity index (χ3v) is 4.63. The number of benzene rings is 2. The van der Waals surface area contributed by atoms with Gasteiger partial charge in [0.2, 0.25) is 11.8 Å². The number of carbonyl (C=O) groups is 3. The van der Waals surface area contributed by atoms with Crippen LogP contribution in [0.5, 0.6) is 0 Å². The number of rotatable bonds is 5. The van der Waals surface area contributed by atoms with Crippen LogP contribution in [-0.2, 0) is 22.6 Å². The molecule has 0 aromatic heterocycles. The van der Waals surface area contributed by atoms with Crippen LogP contribution in [0.4, 0.5) is 4.79 Å². The first-order valence-corrected chi connectivity index (χ1v) is 8.74. The average molecular weight is 350 g/mol. The first kappa shape index (κ1) is 17.9. The van der Waals surface area contributed by atoms with Crippen LogP contribution in [0.3, 0.4) is 0 Å². The molecule has 3 rings (SSSR count). The molecule has 4 amide bonds. The van der Waals surface area contributed by atoms with Crippen molar-refractivity contribution in [3.05, 3.63) is 71.3 Å². The number of imide groups is 2. The van der Waals surface area contributed by atoms with E-state index in [1.807, 2.05) is 54.6 Å². The molecule has 1 fully saturated rings. The highest BCUT2D eigenvalue weighted by Crippen LogP contribution is 2.20. The summed E-state index contributed by atoms with van der Waals surface area (Å²) in [6.45, 7) is 4.38. The molecule has 26 heavy (non-hydrogen) atoms. The lowest BCUT2D eigenvalue weighted by Crippen LogP contribution is -2.57. The SMILES string of the molecule is CC(C)c1ccc(C[C@H]2C(=O)NC(=O)N(Cc3ccccc3)C2=O)cc1. The van der Waals surface area contributed by atoms with Gasteiger partial charge >= 0.3 is 6.03 Å². The van der Waals surface area contributed by atoms with Crippen LogP contribution in [0.15, 0.2) is 54.6 Å². The molecule has 1 aliphatic rings. The van der Waals surface area contributed by atoms with Crippen molar-refractivity contribution in [1.82, 2.24) is 10.2 Å². The molecule has 2 aromatic carbocycles. The number of amides is 4. The normalized spacial score (nSPS) is 17.6. The third-order valence-electron chi connectivity index (χ3n) is 4.63. The second kappa shape index (κ2) is 7.52. The molecule has 0 aliphatic carbocycles. The highest BCUT2D eigenvalue weighted by Gasteiger charge is 2.40. The molecule has 0 radical (unpaired) electrons. The van der Waals surface area contributed by atoms with E-state index in [2.05, 4.69) is 19.2 Å². The summed E-state index contributed by atoms with van der Waals surface area (Å²) in [5.41, 5.74) is 2.94. The van der Waals surface area contributed by atoms with E-state index in [0.717, 1.165) is 16.0 Å². The zero-order valence-electron chi connectivity index (χ0n) is 14.9. The molecule has 134 valence electrons. The Kier molecular flexibility index (Phi) is 5.16. The smallest absolute Gasteiger partial charge is 0.277 e. The van der Waals surface area contributed by atoms with Crippen molar-refractivity contribution in [2.75, 3.05) is 0 Å². The Balaban J connectivity index is 1.76. The molecule has 0 saturated carbocycles. The molecule has 1 aliphatic heterocycles. The van der Waals surface area contributed by atoms with Crippen LogP contribution in [0.1, 0.15) is 36.5 Å². The third kappa shape index (κ3) is 3.82. The lowest BCUT2D eigenvalue weighted by molar-refractivity contribution is -0.142. The zero-order valence-corrected chi connectivity index (χ0v) is 14.9. The van der Waals surface area contributed by atoms with Gasteiger partial charge in [0.05, 0.1) is 6.54 Å². The molecular weight excluding hydrogens is 328 g/mol. The summed E-state index contributed by atoms with van der Waals surface area (Å²) in [5.74, 6) is -1.45. The summed E-state index contributed by atoms with van der Waals surface area (Å²) >= 11 is 0. The molecular formula is C21H22N2O3. The Morgan fingerprint density at radius 3 is 2.19 bits per heavy atom. The second-order valence-corrected chi connectivity index (χ2v) is 6.86. The van der Waals surface area contributed by atoms with E-state index in [1.165, 1.54) is 5.56 Å². The van der Waals surface area contributed by atoms with Gasteiger partial charge in [0.15, 0.2) is 0 Å². The van der Waals surface area contributed by atoms with Gasteiger partial charge in [-0.25, -0.2) is 4.79 Å². The fourth-order valence-corrected chi connectivity index (χ4v) is 3.03. The zero-order chi connectivity index (χ0) is 18.7. The van der Waals surface area contributed by atoms with Crippen molar-refractivity contribution in [2.24, 2.45) is 5.92 Å². The van der Waals surface area contributed by atoms with Gasteiger partial charge in [-0.15, -0.1) is 0 Å². The van der Waals surface area contributed by atoms with Crippen molar-refractivity contribution in [2.45, 2.75) is 32.7 Å². The summed E-state index contributed by atoms with van der Waals surface area (Å²) in [4.78, 5) is 38.2. The molecule has 0 bridgehead atoms. The number of nitrogens with one attached hydrogen (secondary N) is 1. The van der Waals surface area contributed by atoms with Gasteiger partial charge in [-0.2, -0.15) is 0 Å². The Morgan fingerprint density at radius 1 is 0.923 bits per heavy atom. The van der Waals surface area contributed by atoms with E-state index in [1.54, 1.807) is 0 Å². The van der Waals surface area contributed by atoms with Crippen molar-refractivity contribution in [3.8, 4) is 0 Å². The summed E-state index contributed by atoms with van der Waals surface area (Å²) < 4.78 is 0. The summed E-state index contributed by atoms with van der Waals surface area (Å²) in [6.07, 6.45) is 0.279.